The fourth-order valence-corrected chi connectivity index (χ4v) is 2.10. The van der Waals surface area contributed by atoms with Crippen LogP contribution in [0.3, 0.4) is 0 Å². The van der Waals surface area contributed by atoms with Crippen LogP contribution in [0.1, 0.15) is 32.2 Å². The van der Waals surface area contributed by atoms with Gasteiger partial charge in [-0.15, -0.1) is 0 Å². The summed E-state index contributed by atoms with van der Waals surface area (Å²) in [6, 6.07) is 12.1. The summed E-state index contributed by atoms with van der Waals surface area (Å²) in [7, 11) is 2.03. The molecule has 4 nitrogen and oxygen atoms in total. The number of pyridine rings is 2. The number of nitrogens with zero attached hydrogens (tertiary/aromatic N) is 3. The van der Waals surface area contributed by atoms with Crippen LogP contribution < -0.4 is 10.2 Å². The first kappa shape index (κ1) is 15.3. The minimum atomic E-state index is 0.00227. The minimum absolute atomic E-state index is 0.00227. The zero-order valence-electron chi connectivity index (χ0n) is 13.5. The molecule has 0 aromatic carbocycles. The van der Waals surface area contributed by atoms with E-state index in [2.05, 4.69) is 41.0 Å². The van der Waals surface area contributed by atoms with Crippen LogP contribution in [-0.2, 0) is 6.54 Å². The first-order valence-electron chi connectivity index (χ1n) is 7.22. The fourth-order valence-electron chi connectivity index (χ4n) is 2.10. The monoisotopic (exact) mass is 284 g/mol. The zero-order chi connectivity index (χ0) is 15.5. The van der Waals surface area contributed by atoms with Crippen LogP contribution in [0.25, 0.3) is 0 Å². The number of nitrogens with one attached hydrogen (secondary N) is 1. The van der Waals surface area contributed by atoms with Crippen molar-refractivity contribution in [1.29, 1.82) is 0 Å². The molecule has 21 heavy (non-hydrogen) atoms. The van der Waals surface area contributed by atoms with Crippen molar-refractivity contribution in [2.24, 2.45) is 0 Å². The second-order valence-electron chi connectivity index (χ2n) is 6.38. The molecule has 0 saturated carbocycles. The lowest BCUT2D eigenvalue weighted by molar-refractivity contribution is 0.630. The van der Waals surface area contributed by atoms with Crippen LogP contribution in [0.5, 0.6) is 0 Å². The third-order valence-corrected chi connectivity index (χ3v) is 2.97. The van der Waals surface area contributed by atoms with Gasteiger partial charge in [0.05, 0.1) is 12.2 Å². The summed E-state index contributed by atoms with van der Waals surface area (Å²) >= 11 is 0. The van der Waals surface area contributed by atoms with E-state index in [1.165, 1.54) is 0 Å². The molecule has 112 valence electrons. The number of hydrogen-bond acceptors (Lipinski definition) is 4. The Labute approximate surface area is 127 Å². The Morgan fingerprint density at radius 2 is 1.76 bits per heavy atom. The maximum absolute atomic E-state index is 4.66. The molecule has 4 heteroatoms. The van der Waals surface area contributed by atoms with Crippen molar-refractivity contribution in [3.63, 3.8) is 0 Å². The van der Waals surface area contributed by atoms with Crippen molar-refractivity contribution in [2.75, 3.05) is 17.3 Å². The number of hydrogen-bond donors (Lipinski definition) is 1. The molecule has 2 aromatic rings. The number of rotatable bonds is 4. The minimum Gasteiger partial charge on any atom is -0.365 e. The molecular weight excluding hydrogens is 260 g/mol. The Morgan fingerprint density at radius 1 is 1.05 bits per heavy atom. The lowest BCUT2D eigenvalue weighted by Gasteiger charge is -2.23. The number of aromatic nitrogens is 2. The van der Waals surface area contributed by atoms with Gasteiger partial charge >= 0.3 is 0 Å². The van der Waals surface area contributed by atoms with Gasteiger partial charge in [-0.3, -0.25) is 4.98 Å². The Hall–Kier alpha value is -2.10. The van der Waals surface area contributed by atoms with Crippen molar-refractivity contribution >= 4 is 11.6 Å². The summed E-state index contributed by atoms with van der Waals surface area (Å²) in [5.74, 6) is 1.83. The highest BCUT2D eigenvalue weighted by Gasteiger charge is 2.11. The van der Waals surface area contributed by atoms with Gasteiger partial charge in [0.25, 0.3) is 0 Å². The maximum Gasteiger partial charge on any atom is 0.131 e. The molecule has 2 heterocycles. The number of anilines is 2. The molecule has 0 atom stereocenters. The summed E-state index contributed by atoms with van der Waals surface area (Å²) in [5, 5.41) is 3.40. The van der Waals surface area contributed by atoms with Gasteiger partial charge < -0.3 is 10.2 Å². The first-order chi connectivity index (χ1) is 9.83. The third kappa shape index (κ3) is 4.74. The third-order valence-electron chi connectivity index (χ3n) is 2.97. The molecule has 2 rings (SSSR count). The van der Waals surface area contributed by atoms with Crippen LogP contribution >= 0.6 is 0 Å². The van der Waals surface area contributed by atoms with E-state index in [9.17, 15) is 0 Å². The molecule has 0 fully saturated rings. The second kappa shape index (κ2) is 6.12. The Kier molecular flexibility index (Phi) is 4.46. The highest BCUT2D eigenvalue weighted by Crippen LogP contribution is 2.18. The lowest BCUT2D eigenvalue weighted by atomic mass is 10.1. The summed E-state index contributed by atoms with van der Waals surface area (Å²) < 4.78 is 0. The van der Waals surface area contributed by atoms with Crippen LogP contribution in [-0.4, -0.2) is 22.6 Å². The first-order valence-corrected chi connectivity index (χ1v) is 7.22. The van der Waals surface area contributed by atoms with E-state index in [-0.39, 0.29) is 5.54 Å². The summed E-state index contributed by atoms with van der Waals surface area (Å²) in [4.78, 5) is 11.3. The van der Waals surface area contributed by atoms with E-state index < -0.39 is 0 Å². The Morgan fingerprint density at radius 3 is 2.43 bits per heavy atom. The molecule has 0 amide bonds. The molecule has 2 aromatic heterocycles. The topological polar surface area (TPSA) is 41.0 Å². The predicted octanol–water partition coefficient (Wildman–Crippen LogP) is 3.63. The van der Waals surface area contributed by atoms with Gasteiger partial charge in [0.1, 0.15) is 11.6 Å². The van der Waals surface area contributed by atoms with Crippen LogP contribution in [0.4, 0.5) is 11.6 Å². The smallest absolute Gasteiger partial charge is 0.131 e. The molecule has 0 unspecified atom stereocenters. The molecule has 0 spiro atoms. The molecule has 0 aliphatic carbocycles. The van der Waals surface area contributed by atoms with Gasteiger partial charge in [-0.25, -0.2) is 4.98 Å². The average molecular weight is 284 g/mol. The Balaban J connectivity index is 2.12. The summed E-state index contributed by atoms with van der Waals surface area (Å²) in [5.41, 5.74) is 2.09. The predicted molar refractivity (Wildman–Crippen MR) is 88.7 cm³/mol. The van der Waals surface area contributed by atoms with E-state index in [1.807, 2.05) is 50.4 Å². The molecule has 0 aliphatic heterocycles. The van der Waals surface area contributed by atoms with Crippen molar-refractivity contribution < 1.29 is 0 Å². The Bertz CT molecular complexity index is 602. The normalized spacial score (nSPS) is 11.3. The largest absolute Gasteiger partial charge is 0.365 e. The van der Waals surface area contributed by atoms with E-state index in [0.29, 0.717) is 0 Å². The van der Waals surface area contributed by atoms with E-state index >= 15 is 0 Å². The van der Waals surface area contributed by atoms with Crippen molar-refractivity contribution in [3.8, 4) is 0 Å². The van der Waals surface area contributed by atoms with Crippen molar-refractivity contribution in [2.45, 2.75) is 39.8 Å². The zero-order valence-corrected chi connectivity index (χ0v) is 13.5. The highest BCUT2D eigenvalue weighted by molar-refractivity contribution is 5.47. The summed E-state index contributed by atoms with van der Waals surface area (Å²) in [6.45, 7) is 9.13. The van der Waals surface area contributed by atoms with Crippen LogP contribution in [0.15, 0.2) is 36.4 Å². The summed E-state index contributed by atoms with van der Waals surface area (Å²) in [6.07, 6.45) is 0. The molecule has 1 N–H and O–H groups in total. The van der Waals surface area contributed by atoms with Gasteiger partial charge in [-0.1, -0.05) is 12.1 Å². The molecule has 0 radical (unpaired) electrons. The average Bonchev–Trinajstić information content (AvgIpc) is 2.37. The number of aryl methyl sites for hydroxylation is 1. The van der Waals surface area contributed by atoms with Gasteiger partial charge in [0.15, 0.2) is 0 Å². The highest BCUT2D eigenvalue weighted by atomic mass is 15.2. The van der Waals surface area contributed by atoms with E-state index in [4.69, 9.17) is 0 Å². The molecule has 0 aliphatic rings. The standard InChI is InChI=1S/C17H24N4/c1-13-8-6-9-14(18-13)12-21(5)16-11-7-10-15(19-16)20-17(2,3)4/h6-11H,12H2,1-5H3,(H,19,20). The van der Waals surface area contributed by atoms with Gasteiger partial charge in [0.2, 0.25) is 0 Å². The van der Waals surface area contributed by atoms with Gasteiger partial charge in [-0.2, -0.15) is 0 Å². The molecular formula is C17H24N4. The van der Waals surface area contributed by atoms with Crippen LogP contribution in [0, 0.1) is 6.92 Å². The fraction of sp³-hybridized carbons (Fsp3) is 0.412. The molecule has 0 saturated heterocycles. The van der Waals surface area contributed by atoms with Crippen LogP contribution in [0.2, 0.25) is 0 Å². The maximum atomic E-state index is 4.66. The SMILES string of the molecule is Cc1cccc(CN(C)c2cccc(NC(C)(C)C)n2)n1. The lowest BCUT2D eigenvalue weighted by Crippen LogP contribution is -2.27. The van der Waals surface area contributed by atoms with E-state index in [1.54, 1.807) is 0 Å². The van der Waals surface area contributed by atoms with Crippen molar-refractivity contribution in [3.05, 3.63) is 47.8 Å². The molecule has 0 bridgehead atoms. The quantitative estimate of drug-likeness (QED) is 0.930. The van der Waals surface area contributed by atoms with Gasteiger partial charge in [0, 0.05) is 18.3 Å². The van der Waals surface area contributed by atoms with Gasteiger partial charge in [-0.05, 0) is 52.0 Å². The second-order valence-corrected chi connectivity index (χ2v) is 6.38. The van der Waals surface area contributed by atoms with Crippen molar-refractivity contribution in [1.82, 2.24) is 9.97 Å². The van der Waals surface area contributed by atoms with E-state index in [0.717, 1.165) is 29.6 Å².